The lowest BCUT2D eigenvalue weighted by atomic mass is 10.2. The summed E-state index contributed by atoms with van der Waals surface area (Å²) in [6.07, 6.45) is 3.37. The molecule has 2 fully saturated rings. The Morgan fingerprint density at radius 3 is 2.41 bits per heavy atom. The van der Waals surface area contributed by atoms with E-state index < -0.39 is 10.0 Å². The van der Waals surface area contributed by atoms with Crippen LogP contribution >= 0.6 is 0 Å². The first-order valence-corrected chi connectivity index (χ1v) is 10.7. The summed E-state index contributed by atoms with van der Waals surface area (Å²) in [4.78, 5) is 27.4. The monoisotopic (exact) mass is 395 g/mol. The predicted octanol–water partition coefficient (Wildman–Crippen LogP) is 1.11. The molecule has 0 spiro atoms. The molecule has 1 aromatic rings. The maximum Gasteiger partial charge on any atom is 0.240 e. The Hall–Kier alpha value is -1.97. The average molecular weight is 395 g/mol. The number of amides is 2. The smallest absolute Gasteiger partial charge is 0.240 e. The van der Waals surface area contributed by atoms with Crippen molar-refractivity contribution in [3.05, 3.63) is 18.2 Å². The number of methoxy groups -OCH3 is 1. The van der Waals surface area contributed by atoms with Gasteiger partial charge in [0.05, 0.1) is 17.7 Å². The van der Waals surface area contributed by atoms with E-state index in [1.807, 2.05) is 0 Å². The number of benzene rings is 1. The number of ether oxygens (including phenoxy) is 1. The summed E-state index contributed by atoms with van der Waals surface area (Å²) in [6.45, 7) is 3.36. The summed E-state index contributed by atoms with van der Waals surface area (Å²) in [6, 6.07) is 4.20. The number of imide groups is 1. The summed E-state index contributed by atoms with van der Waals surface area (Å²) in [5, 5.41) is 0. The molecule has 2 aliphatic rings. The Labute approximate surface area is 159 Å². The van der Waals surface area contributed by atoms with Gasteiger partial charge in [0.25, 0.3) is 0 Å². The molecule has 148 valence electrons. The Bertz CT molecular complexity index is 802. The van der Waals surface area contributed by atoms with Crippen LogP contribution in [0.1, 0.15) is 32.1 Å². The molecule has 2 saturated heterocycles. The topological polar surface area (TPSA) is 96.0 Å². The van der Waals surface area contributed by atoms with Gasteiger partial charge in [0, 0.05) is 19.4 Å². The van der Waals surface area contributed by atoms with Gasteiger partial charge in [0.2, 0.25) is 21.8 Å². The third-order valence-corrected chi connectivity index (χ3v) is 6.35. The van der Waals surface area contributed by atoms with Crippen molar-refractivity contribution in [3.63, 3.8) is 0 Å². The summed E-state index contributed by atoms with van der Waals surface area (Å²) < 4.78 is 33.0. The van der Waals surface area contributed by atoms with Crippen LogP contribution in [0.15, 0.2) is 23.1 Å². The summed E-state index contributed by atoms with van der Waals surface area (Å²) >= 11 is 0. The Kier molecular flexibility index (Phi) is 6.13. The zero-order valence-electron chi connectivity index (χ0n) is 15.4. The van der Waals surface area contributed by atoms with E-state index in [-0.39, 0.29) is 41.0 Å². The fourth-order valence-electron chi connectivity index (χ4n) is 3.46. The predicted molar refractivity (Wildman–Crippen MR) is 100 cm³/mol. The summed E-state index contributed by atoms with van der Waals surface area (Å²) in [5.74, 6) is -0.426. The number of carbonyl (C=O) groups is 2. The maximum absolute atomic E-state index is 12.6. The number of carbonyl (C=O) groups excluding carboxylic acids is 2. The first kappa shape index (κ1) is 19.8. The van der Waals surface area contributed by atoms with E-state index in [9.17, 15) is 18.0 Å². The van der Waals surface area contributed by atoms with E-state index in [1.54, 1.807) is 0 Å². The van der Waals surface area contributed by atoms with Crippen molar-refractivity contribution in [2.24, 2.45) is 0 Å². The van der Waals surface area contributed by atoms with Crippen molar-refractivity contribution in [2.45, 2.75) is 37.0 Å². The molecule has 0 saturated carbocycles. The summed E-state index contributed by atoms with van der Waals surface area (Å²) in [7, 11) is -2.33. The van der Waals surface area contributed by atoms with Crippen LogP contribution in [0.2, 0.25) is 0 Å². The minimum Gasteiger partial charge on any atom is -0.495 e. The second-order valence-corrected chi connectivity index (χ2v) is 8.52. The van der Waals surface area contributed by atoms with Crippen LogP contribution in [0, 0.1) is 0 Å². The van der Waals surface area contributed by atoms with Gasteiger partial charge in [-0.1, -0.05) is 0 Å². The lowest BCUT2D eigenvalue weighted by Crippen LogP contribution is -2.30. The van der Waals surface area contributed by atoms with Gasteiger partial charge in [-0.2, -0.15) is 0 Å². The zero-order chi connectivity index (χ0) is 19.4. The highest BCUT2D eigenvalue weighted by Crippen LogP contribution is 2.34. The lowest BCUT2D eigenvalue weighted by Gasteiger charge is -2.19. The molecule has 1 N–H and O–H groups in total. The average Bonchev–Trinajstić information content (AvgIpc) is 3.28. The van der Waals surface area contributed by atoms with Gasteiger partial charge in [0.15, 0.2) is 0 Å². The molecule has 2 amide bonds. The third kappa shape index (κ3) is 4.48. The van der Waals surface area contributed by atoms with Gasteiger partial charge >= 0.3 is 0 Å². The highest BCUT2D eigenvalue weighted by Gasteiger charge is 2.33. The Balaban J connectivity index is 1.72. The molecular weight excluding hydrogens is 370 g/mol. The lowest BCUT2D eigenvalue weighted by molar-refractivity contribution is -0.121. The molecule has 27 heavy (non-hydrogen) atoms. The van der Waals surface area contributed by atoms with Crippen LogP contribution in [0.25, 0.3) is 0 Å². The molecule has 0 radical (unpaired) electrons. The van der Waals surface area contributed by atoms with Crippen molar-refractivity contribution < 1.29 is 22.7 Å². The molecule has 0 unspecified atom stereocenters. The largest absolute Gasteiger partial charge is 0.495 e. The Morgan fingerprint density at radius 2 is 1.78 bits per heavy atom. The van der Waals surface area contributed by atoms with E-state index in [4.69, 9.17) is 4.74 Å². The quantitative estimate of drug-likeness (QED) is 0.523. The van der Waals surface area contributed by atoms with E-state index in [0.29, 0.717) is 6.54 Å². The van der Waals surface area contributed by atoms with Crippen LogP contribution in [0.4, 0.5) is 5.69 Å². The molecule has 0 aromatic heterocycles. The third-order valence-electron chi connectivity index (χ3n) is 4.89. The van der Waals surface area contributed by atoms with E-state index >= 15 is 0 Å². The van der Waals surface area contributed by atoms with Crippen molar-refractivity contribution >= 4 is 27.5 Å². The second-order valence-electron chi connectivity index (χ2n) is 6.76. The number of hydrogen-bond acceptors (Lipinski definition) is 6. The molecular formula is C18H25N3O5S. The van der Waals surface area contributed by atoms with E-state index in [1.165, 1.54) is 38.2 Å². The van der Waals surface area contributed by atoms with Gasteiger partial charge in [-0.15, -0.1) is 0 Å². The molecule has 0 aliphatic carbocycles. The molecule has 0 bridgehead atoms. The first-order chi connectivity index (χ1) is 12.9. The van der Waals surface area contributed by atoms with E-state index in [2.05, 4.69) is 9.62 Å². The minimum atomic E-state index is -3.74. The van der Waals surface area contributed by atoms with Crippen molar-refractivity contribution in [1.82, 2.24) is 9.62 Å². The molecule has 9 heteroatoms. The number of sulfonamides is 1. The van der Waals surface area contributed by atoms with Crippen LogP contribution < -0.4 is 14.4 Å². The fraction of sp³-hybridized carbons (Fsp3) is 0.556. The van der Waals surface area contributed by atoms with Crippen molar-refractivity contribution in [1.29, 1.82) is 0 Å². The summed E-state index contributed by atoms with van der Waals surface area (Å²) in [5.41, 5.74) is 0.171. The SMILES string of the molecule is COc1ccc(S(=O)(=O)NCCCN2CCCC2)cc1N1C(=O)CCC1=O. The zero-order valence-corrected chi connectivity index (χ0v) is 16.3. The van der Waals surface area contributed by atoms with Crippen LogP contribution in [0.3, 0.4) is 0 Å². The number of hydrogen-bond donors (Lipinski definition) is 1. The van der Waals surface area contributed by atoms with E-state index in [0.717, 1.165) is 31.0 Å². The Morgan fingerprint density at radius 1 is 1.11 bits per heavy atom. The van der Waals surface area contributed by atoms with Crippen LogP contribution in [0.5, 0.6) is 5.75 Å². The molecule has 1 aromatic carbocycles. The second kappa shape index (κ2) is 8.37. The van der Waals surface area contributed by atoms with Gasteiger partial charge in [-0.05, 0) is 57.1 Å². The first-order valence-electron chi connectivity index (χ1n) is 9.18. The molecule has 2 aliphatic heterocycles. The number of rotatable bonds is 8. The van der Waals surface area contributed by atoms with Gasteiger partial charge in [-0.25, -0.2) is 18.0 Å². The molecule has 3 rings (SSSR count). The standard InChI is InChI=1S/C18H25N3O5S/c1-26-16-6-5-14(13-15(16)21-17(22)7-8-18(21)23)27(24,25)19-9-4-12-20-10-2-3-11-20/h5-6,13,19H,2-4,7-12H2,1H3. The van der Waals surface area contributed by atoms with Gasteiger partial charge < -0.3 is 9.64 Å². The van der Waals surface area contributed by atoms with Crippen LogP contribution in [-0.2, 0) is 19.6 Å². The number of nitrogens with one attached hydrogen (secondary N) is 1. The number of nitrogens with zero attached hydrogens (tertiary/aromatic N) is 2. The van der Waals surface area contributed by atoms with Crippen molar-refractivity contribution in [2.75, 3.05) is 38.2 Å². The van der Waals surface area contributed by atoms with Crippen LogP contribution in [-0.4, -0.2) is 58.4 Å². The highest BCUT2D eigenvalue weighted by molar-refractivity contribution is 7.89. The molecule has 8 nitrogen and oxygen atoms in total. The minimum absolute atomic E-state index is 0.00646. The number of likely N-dealkylation sites (tertiary alicyclic amines) is 1. The molecule has 2 heterocycles. The van der Waals surface area contributed by atoms with Crippen molar-refractivity contribution in [3.8, 4) is 5.75 Å². The highest BCUT2D eigenvalue weighted by atomic mass is 32.2. The van der Waals surface area contributed by atoms with Gasteiger partial charge in [-0.3, -0.25) is 9.59 Å². The fourth-order valence-corrected chi connectivity index (χ4v) is 4.55. The number of anilines is 1. The maximum atomic E-state index is 12.6. The normalized spacial score (nSPS) is 18.5. The molecule has 0 atom stereocenters. The van der Waals surface area contributed by atoms with Gasteiger partial charge in [0.1, 0.15) is 5.75 Å².